The van der Waals surface area contributed by atoms with Gasteiger partial charge in [0.2, 0.25) is 5.95 Å². The Morgan fingerprint density at radius 3 is 2.67 bits per heavy atom. The predicted molar refractivity (Wildman–Crippen MR) is 67.6 cm³/mol. The first-order valence-electron chi connectivity index (χ1n) is 6.01. The summed E-state index contributed by atoms with van der Waals surface area (Å²) in [6, 6.07) is 9.75. The molecule has 18 heavy (non-hydrogen) atoms. The Balaban J connectivity index is 2.00. The Morgan fingerprint density at radius 2 is 1.94 bits per heavy atom. The molecule has 2 N–H and O–H groups in total. The minimum absolute atomic E-state index is 0.0437. The van der Waals surface area contributed by atoms with Crippen LogP contribution >= 0.6 is 0 Å². The molecule has 0 saturated carbocycles. The smallest absolute Gasteiger partial charge is 0.223 e. The molecule has 1 saturated heterocycles. The topological polar surface area (TPSA) is 73.9 Å². The fourth-order valence-electron chi connectivity index (χ4n) is 2.05. The Bertz CT molecular complexity index is 538. The van der Waals surface area contributed by atoms with E-state index in [1.807, 2.05) is 30.3 Å². The Kier molecular flexibility index (Phi) is 2.90. The molecular formula is C13H14N4O. The van der Waals surface area contributed by atoms with E-state index in [0.717, 1.165) is 25.0 Å². The summed E-state index contributed by atoms with van der Waals surface area (Å²) < 4.78 is 5.58. The first kappa shape index (κ1) is 11.1. The van der Waals surface area contributed by atoms with Crippen LogP contribution in [0.25, 0.3) is 11.4 Å². The number of anilines is 1. The molecule has 92 valence electrons. The van der Waals surface area contributed by atoms with E-state index in [1.165, 1.54) is 0 Å². The zero-order valence-electron chi connectivity index (χ0n) is 9.91. The second-order valence-electron chi connectivity index (χ2n) is 4.24. The second kappa shape index (κ2) is 4.70. The molecule has 1 aromatic heterocycles. The summed E-state index contributed by atoms with van der Waals surface area (Å²) in [5, 5.41) is 0. The van der Waals surface area contributed by atoms with Gasteiger partial charge in [0.25, 0.3) is 0 Å². The number of hydrogen-bond acceptors (Lipinski definition) is 5. The summed E-state index contributed by atoms with van der Waals surface area (Å²) >= 11 is 0. The second-order valence-corrected chi connectivity index (χ2v) is 4.24. The van der Waals surface area contributed by atoms with Crippen molar-refractivity contribution in [2.75, 3.05) is 12.3 Å². The number of nitrogens with zero attached hydrogens (tertiary/aromatic N) is 3. The standard InChI is InChI=1S/C13H14N4O/c14-13-16-11(9-5-2-1-3-6-9)15-12(17-13)10-7-4-8-18-10/h1-3,5-6,10H,4,7-8H2,(H2,14,15,16,17). The van der Waals surface area contributed by atoms with Crippen LogP contribution in [-0.4, -0.2) is 21.6 Å². The molecule has 0 radical (unpaired) electrons. The summed E-state index contributed by atoms with van der Waals surface area (Å²) in [4.78, 5) is 12.8. The maximum atomic E-state index is 5.75. The normalized spacial score (nSPS) is 19.0. The highest BCUT2D eigenvalue weighted by Gasteiger charge is 2.22. The molecule has 1 aromatic carbocycles. The van der Waals surface area contributed by atoms with Crippen molar-refractivity contribution in [2.24, 2.45) is 0 Å². The maximum Gasteiger partial charge on any atom is 0.223 e. The van der Waals surface area contributed by atoms with E-state index in [2.05, 4.69) is 15.0 Å². The average molecular weight is 242 g/mol. The molecular weight excluding hydrogens is 228 g/mol. The van der Waals surface area contributed by atoms with Gasteiger partial charge >= 0.3 is 0 Å². The van der Waals surface area contributed by atoms with Gasteiger partial charge in [0.05, 0.1) is 0 Å². The lowest BCUT2D eigenvalue weighted by Gasteiger charge is -2.09. The van der Waals surface area contributed by atoms with Crippen molar-refractivity contribution in [1.82, 2.24) is 15.0 Å². The van der Waals surface area contributed by atoms with Crippen LogP contribution in [0, 0.1) is 0 Å². The van der Waals surface area contributed by atoms with Gasteiger partial charge in [0.1, 0.15) is 6.10 Å². The molecule has 5 heteroatoms. The third-order valence-corrected chi connectivity index (χ3v) is 2.92. The van der Waals surface area contributed by atoms with Crippen molar-refractivity contribution in [3.05, 3.63) is 36.2 Å². The first-order chi connectivity index (χ1) is 8.83. The van der Waals surface area contributed by atoms with Crippen LogP contribution in [-0.2, 0) is 4.74 Å². The third-order valence-electron chi connectivity index (χ3n) is 2.92. The van der Waals surface area contributed by atoms with Gasteiger partial charge in [-0.15, -0.1) is 0 Å². The van der Waals surface area contributed by atoms with E-state index in [0.29, 0.717) is 11.6 Å². The van der Waals surface area contributed by atoms with Crippen LogP contribution in [0.4, 0.5) is 5.95 Å². The van der Waals surface area contributed by atoms with Crippen LogP contribution in [0.2, 0.25) is 0 Å². The summed E-state index contributed by atoms with van der Waals surface area (Å²) in [7, 11) is 0. The fraction of sp³-hybridized carbons (Fsp3) is 0.308. The quantitative estimate of drug-likeness (QED) is 0.871. The van der Waals surface area contributed by atoms with Gasteiger partial charge in [-0.2, -0.15) is 9.97 Å². The van der Waals surface area contributed by atoms with Crippen molar-refractivity contribution in [3.8, 4) is 11.4 Å². The molecule has 0 aliphatic carbocycles. The molecule has 2 heterocycles. The molecule has 3 rings (SSSR count). The van der Waals surface area contributed by atoms with E-state index in [4.69, 9.17) is 10.5 Å². The number of nitrogens with two attached hydrogens (primary N) is 1. The van der Waals surface area contributed by atoms with Crippen LogP contribution in [0.3, 0.4) is 0 Å². The minimum atomic E-state index is -0.0437. The van der Waals surface area contributed by atoms with Crippen LogP contribution in [0.15, 0.2) is 30.3 Å². The van der Waals surface area contributed by atoms with Gasteiger partial charge in [-0.1, -0.05) is 30.3 Å². The highest BCUT2D eigenvalue weighted by molar-refractivity contribution is 5.55. The van der Waals surface area contributed by atoms with Crippen LogP contribution in [0.5, 0.6) is 0 Å². The van der Waals surface area contributed by atoms with Gasteiger partial charge in [0, 0.05) is 12.2 Å². The van der Waals surface area contributed by atoms with Gasteiger partial charge in [0.15, 0.2) is 11.6 Å². The monoisotopic (exact) mass is 242 g/mol. The molecule has 1 atom stereocenters. The Hall–Kier alpha value is -2.01. The van der Waals surface area contributed by atoms with Gasteiger partial charge in [-0.3, -0.25) is 0 Å². The van der Waals surface area contributed by atoms with Crippen molar-refractivity contribution >= 4 is 5.95 Å². The molecule has 1 unspecified atom stereocenters. The summed E-state index contributed by atoms with van der Waals surface area (Å²) in [6.07, 6.45) is 1.94. The highest BCUT2D eigenvalue weighted by Crippen LogP contribution is 2.27. The van der Waals surface area contributed by atoms with E-state index < -0.39 is 0 Å². The van der Waals surface area contributed by atoms with Crippen molar-refractivity contribution in [3.63, 3.8) is 0 Å². The number of hydrogen-bond donors (Lipinski definition) is 1. The highest BCUT2D eigenvalue weighted by atomic mass is 16.5. The average Bonchev–Trinajstić information content (AvgIpc) is 2.93. The van der Waals surface area contributed by atoms with Gasteiger partial charge in [-0.25, -0.2) is 4.98 Å². The number of aromatic nitrogens is 3. The van der Waals surface area contributed by atoms with Crippen LogP contribution in [0.1, 0.15) is 24.8 Å². The first-order valence-corrected chi connectivity index (χ1v) is 6.01. The molecule has 0 amide bonds. The summed E-state index contributed by atoms with van der Waals surface area (Å²) in [6.45, 7) is 0.761. The SMILES string of the molecule is Nc1nc(-c2ccccc2)nc(C2CCCO2)n1. The molecule has 1 fully saturated rings. The number of benzene rings is 1. The zero-order chi connectivity index (χ0) is 12.4. The Labute approximate surface area is 105 Å². The molecule has 0 spiro atoms. The number of nitrogen functional groups attached to an aromatic ring is 1. The molecule has 0 bridgehead atoms. The maximum absolute atomic E-state index is 5.75. The molecule has 2 aromatic rings. The van der Waals surface area contributed by atoms with E-state index in [1.54, 1.807) is 0 Å². The largest absolute Gasteiger partial charge is 0.370 e. The fourth-order valence-corrected chi connectivity index (χ4v) is 2.05. The Morgan fingerprint density at radius 1 is 1.11 bits per heavy atom. The van der Waals surface area contributed by atoms with Crippen molar-refractivity contribution < 1.29 is 4.74 Å². The van der Waals surface area contributed by atoms with Crippen molar-refractivity contribution in [1.29, 1.82) is 0 Å². The lowest BCUT2D eigenvalue weighted by Crippen LogP contribution is -2.08. The molecule has 5 nitrogen and oxygen atoms in total. The van der Waals surface area contributed by atoms with E-state index in [9.17, 15) is 0 Å². The third kappa shape index (κ3) is 2.17. The van der Waals surface area contributed by atoms with E-state index >= 15 is 0 Å². The lowest BCUT2D eigenvalue weighted by atomic mass is 10.2. The van der Waals surface area contributed by atoms with Crippen LogP contribution < -0.4 is 5.73 Å². The van der Waals surface area contributed by atoms with Gasteiger partial charge in [-0.05, 0) is 12.8 Å². The zero-order valence-corrected chi connectivity index (χ0v) is 9.91. The summed E-state index contributed by atoms with van der Waals surface area (Å²) in [5.41, 5.74) is 6.68. The molecule has 1 aliphatic rings. The lowest BCUT2D eigenvalue weighted by molar-refractivity contribution is 0.105. The van der Waals surface area contributed by atoms with Crippen molar-refractivity contribution in [2.45, 2.75) is 18.9 Å². The van der Waals surface area contributed by atoms with Gasteiger partial charge < -0.3 is 10.5 Å². The summed E-state index contributed by atoms with van der Waals surface area (Å²) in [5.74, 6) is 1.49. The predicted octanol–water partition coefficient (Wildman–Crippen LogP) is 1.97. The minimum Gasteiger partial charge on any atom is -0.370 e. The number of ether oxygens (including phenoxy) is 1. The molecule has 1 aliphatic heterocycles. The number of rotatable bonds is 2. The van der Waals surface area contributed by atoms with E-state index in [-0.39, 0.29) is 12.1 Å².